The van der Waals surface area contributed by atoms with Crippen molar-refractivity contribution in [2.75, 3.05) is 7.11 Å². The number of hydrogen-bond acceptors (Lipinski definition) is 3. The summed E-state index contributed by atoms with van der Waals surface area (Å²) in [5, 5.41) is 9.43. The highest BCUT2D eigenvalue weighted by molar-refractivity contribution is 5.91. The van der Waals surface area contributed by atoms with E-state index in [2.05, 4.69) is 0 Å². The summed E-state index contributed by atoms with van der Waals surface area (Å²) >= 11 is 0. The van der Waals surface area contributed by atoms with Crippen molar-refractivity contribution in [3.05, 3.63) is 53.1 Å². The number of ether oxygens (including phenoxy) is 1. The molecular formula is C16H16O3. The number of hydrogen-bond donors (Lipinski definition) is 1. The Morgan fingerprint density at radius 1 is 1.05 bits per heavy atom. The molecule has 0 saturated heterocycles. The van der Waals surface area contributed by atoms with Crippen molar-refractivity contribution >= 4 is 5.97 Å². The summed E-state index contributed by atoms with van der Waals surface area (Å²) in [7, 11) is 1.37. The van der Waals surface area contributed by atoms with Gasteiger partial charge in [0.1, 0.15) is 5.75 Å². The van der Waals surface area contributed by atoms with Crippen LogP contribution in [0.25, 0.3) is 11.1 Å². The molecule has 3 heteroatoms. The van der Waals surface area contributed by atoms with E-state index in [1.54, 1.807) is 18.2 Å². The van der Waals surface area contributed by atoms with Crippen LogP contribution in [0.1, 0.15) is 21.5 Å². The molecule has 1 N–H and O–H groups in total. The summed E-state index contributed by atoms with van der Waals surface area (Å²) in [6.07, 6.45) is 0. The molecule has 98 valence electrons. The van der Waals surface area contributed by atoms with Gasteiger partial charge in [0, 0.05) is 0 Å². The Labute approximate surface area is 112 Å². The van der Waals surface area contributed by atoms with Crippen molar-refractivity contribution < 1.29 is 14.6 Å². The number of aromatic hydroxyl groups is 1. The van der Waals surface area contributed by atoms with E-state index in [-0.39, 0.29) is 11.7 Å². The first-order valence-corrected chi connectivity index (χ1v) is 6.02. The zero-order valence-electron chi connectivity index (χ0n) is 11.2. The van der Waals surface area contributed by atoms with Gasteiger partial charge in [0.25, 0.3) is 0 Å². The van der Waals surface area contributed by atoms with Crippen LogP contribution in [0.3, 0.4) is 0 Å². The number of carbonyl (C=O) groups excluding carboxylic acids is 1. The van der Waals surface area contributed by atoms with E-state index in [1.165, 1.54) is 7.11 Å². The first kappa shape index (κ1) is 13.1. The number of esters is 1. The molecule has 0 aliphatic heterocycles. The zero-order valence-corrected chi connectivity index (χ0v) is 11.2. The number of methoxy groups -OCH3 is 1. The van der Waals surface area contributed by atoms with Gasteiger partial charge in [-0.05, 0) is 54.3 Å². The van der Waals surface area contributed by atoms with Gasteiger partial charge in [-0.1, -0.05) is 18.2 Å². The minimum atomic E-state index is -0.327. The second-order valence-electron chi connectivity index (χ2n) is 4.52. The molecule has 0 spiro atoms. The smallest absolute Gasteiger partial charge is 0.338 e. The van der Waals surface area contributed by atoms with Crippen LogP contribution < -0.4 is 0 Å². The number of phenols is 1. The molecule has 3 nitrogen and oxygen atoms in total. The number of rotatable bonds is 2. The van der Waals surface area contributed by atoms with Crippen molar-refractivity contribution in [2.45, 2.75) is 13.8 Å². The summed E-state index contributed by atoms with van der Waals surface area (Å²) in [5.74, 6) is -0.0735. The molecule has 0 heterocycles. The Balaban J connectivity index is 2.47. The van der Waals surface area contributed by atoms with Crippen molar-refractivity contribution in [1.82, 2.24) is 0 Å². The molecule has 0 atom stereocenters. The molecule has 0 aliphatic rings. The molecule has 0 radical (unpaired) electrons. The maximum absolute atomic E-state index is 11.5. The standard InChI is InChI=1S/C16H16O3/c1-10-8-12(4-6-15(10)16(18)19-3)14-7-5-13(17)9-11(14)2/h4-9,17H,1-3H3. The first-order valence-electron chi connectivity index (χ1n) is 6.02. The van der Waals surface area contributed by atoms with E-state index >= 15 is 0 Å². The van der Waals surface area contributed by atoms with E-state index in [0.717, 1.165) is 22.3 Å². The van der Waals surface area contributed by atoms with Crippen LogP contribution in [0, 0.1) is 13.8 Å². The Morgan fingerprint density at radius 2 is 1.79 bits per heavy atom. The minimum absolute atomic E-state index is 0.254. The lowest BCUT2D eigenvalue weighted by Gasteiger charge is -2.10. The average molecular weight is 256 g/mol. The molecule has 0 aliphatic carbocycles. The lowest BCUT2D eigenvalue weighted by Crippen LogP contribution is -2.03. The zero-order chi connectivity index (χ0) is 14.0. The molecule has 2 rings (SSSR count). The first-order chi connectivity index (χ1) is 9.02. The molecule has 0 amide bonds. The molecule has 0 saturated carbocycles. The van der Waals surface area contributed by atoms with Gasteiger partial charge >= 0.3 is 5.97 Å². The van der Waals surface area contributed by atoms with E-state index in [4.69, 9.17) is 4.74 Å². The van der Waals surface area contributed by atoms with Crippen LogP contribution in [0.2, 0.25) is 0 Å². The van der Waals surface area contributed by atoms with Crippen molar-refractivity contribution in [2.24, 2.45) is 0 Å². The van der Waals surface area contributed by atoms with E-state index in [1.807, 2.05) is 32.0 Å². The van der Waals surface area contributed by atoms with Crippen LogP contribution >= 0.6 is 0 Å². The lowest BCUT2D eigenvalue weighted by molar-refractivity contribution is 0.0600. The summed E-state index contributed by atoms with van der Waals surface area (Å²) in [6, 6.07) is 10.9. The molecule has 2 aromatic rings. The SMILES string of the molecule is COC(=O)c1ccc(-c2ccc(O)cc2C)cc1C. The van der Waals surface area contributed by atoms with E-state index < -0.39 is 0 Å². The fourth-order valence-corrected chi connectivity index (χ4v) is 2.14. The quantitative estimate of drug-likeness (QED) is 0.837. The van der Waals surface area contributed by atoms with Crippen LogP contribution in [0.4, 0.5) is 0 Å². The molecule has 19 heavy (non-hydrogen) atoms. The number of benzene rings is 2. The summed E-state index contributed by atoms with van der Waals surface area (Å²) in [6.45, 7) is 3.82. The number of carbonyl (C=O) groups is 1. The third-order valence-corrected chi connectivity index (χ3v) is 3.15. The fraction of sp³-hybridized carbons (Fsp3) is 0.188. The lowest BCUT2D eigenvalue weighted by atomic mass is 9.96. The van der Waals surface area contributed by atoms with E-state index in [9.17, 15) is 9.90 Å². The molecular weight excluding hydrogens is 240 g/mol. The maximum Gasteiger partial charge on any atom is 0.338 e. The Kier molecular flexibility index (Phi) is 3.56. The average Bonchev–Trinajstić information content (AvgIpc) is 2.37. The summed E-state index contributed by atoms with van der Waals surface area (Å²) in [5.41, 5.74) is 4.49. The van der Waals surface area contributed by atoms with E-state index in [0.29, 0.717) is 5.56 Å². The van der Waals surface area contributed by atoms with Gasteiger partial charge in [-0.2, -0.15) is 0 Å². The Morgan fingerprint density at radius 3 is 2.37 bits per heavy atom. The predicted molar refractivity (Wildman–Crippen MR) is 74.4 cm³/mol. The number of aryl methyl sites for hydroxylation is 2. The van der Waals surface area contributed by atoms with Gasteiger partial charge in [-0.15, -0.1) is 0 Å². The molecule has 2 aromatic carbocycles. The predicted octanol–water partition coefficient (Wildman–Crippen LogP) is 3.46. The molecule has 0 unspecified atom stereocenters. The molecule has 0 fully saturated rings. The van der Waals surface area contributed by atoms with Crippen LogP contribution in [0.15, 0.2) is 36.4 Å². The van der Waals surface area contributed by atoms with Gasteiger partial charge in [-0.3, -0.25) is 0 Å². The van der Waals surface area contributed by atoms with Gasteiger partial charge in [0.2, 0.25) is 0 Å². The van der Waals surface area contributed by atoms with Gasteiger partial charge < -0.3 is 9.84 Å². The van der Waals surface area contributed by atoms with Crippen molar-refractivity contribution in [3.63, 3.8) is 0 Å². The topological polar surface area (TPSA) is 46.5 Å². The van der Waals surface area contributed by atoms with Gasteiger partial charge in [0.15, 0.2) is 0 Å². The third kappa shape index (κ3) is 2.60. The Hall–Kier alpha value is -2.29. The van der Waals surface area contributed by atoms with Crippen molar-refractivity contribution in [3.8, 4) is 16.9 Å². The largest absolute Gasteiger partial charge is 0.508 e. The highest BCUT2D eigenvalue weighted by Gasteiger charge is 2.11. The highest BCUT2D eigenvalue weighted by Crippen LogP contribution is 2.28. The number of phenolic OH excluding ortho intramolecular Hbond substituents is 1. The minimum Gasteiger partial charge on any atom is -0.508 e. The van der Waals surface area contributed by atoms with Gasteiger partial charge in [-0.25, -0.2) is 4.79 Å². The summed E-state index contributed by atoms with van der Waals surface area (Å²) in [4.78, 5) is 11.5. The Bertz CT molecular complexity index is 630. The molecule has 0 aromatic heterocycles. The van der Waals surface area contributed by atoms with Crippen LogP contribution in [-0.2, 0) is 4.74 Å². The highest BCUT2D eigenvalue weighted by atomic mass is 16.5. The van der Waals surface area contributed by atoms with Crippen molar-refractivity contribution in [1.29, 1.82) is 0 Å². The fourth-order valence-electron chi connectivity index (χ4n) is 2.14. The molecule has 0 bridgehead atoms. The normalized spacial score (nSPS) is 10.3. The second kappa shape index (κ2) is 5.14. The van der Waals surface area contributed by atoms with Crippen LogP contribution in [0.5, 0.6) is 5.75 Å². The van der Waals surface area contributed by atoms with Gasteiger partial charge in [0.05, 0.1) is 12.7 Å². The second-order valence-corrected chi connectivity index (χ2v) is 4.52. The maximum atomic E-state index is 11.5. The third-order valence-electron chi connectivity index (χ3n) is 3.15. The monoisotopic (exact) mass is 256 g/mol. The summed E-state index contributed by atoms with van der Waals surface area (Å²) < 4.78 is 4.73. The van der Waals surface area contributed by atoms with Crippen LogP contribution in [-0.4, -0.2) is 18.2 Å².